The van der Waals surface area contributed by atoms with Crippen molar-refractivity contribution in [3.8, 4) is 0 Å². The Labute approximate surface area is 155 Å². The van der Waals surface area contributed by atoms with Crippen LogP contribution in [0.1, 0.15) is 11.1 Å². The molecule has 2 aromatic rings. The standard InChI is InChI=1S/C16H21N5O2S2/c1-10-5-6-12(11(2)7-10)18-15-19-20-16(25-15)24-9-14(23)21(4)8-13(22)17-3/h5-7H,8-9H2,1-4H3,(H,17,22)(H,18,19). The molecule has 134 valence electrons. The van der Waals surface area contributed by atoms with Gasteiger partial charge in [-0.3, -0.25) is 9.59 Å². The molecule has 0 fully saturated rings. The number of nitrogens with zero attached hydrogens (tertiary/aromatic N) is 3. The zero-order valence-corrected chi connectivity index (χ0v) is 16.3. The summed E-state index contributed by atoms with van der Waals surface area (Å²) in [6.07, 6.45) is 0. The molecule has 25 heavy (non-hydrogen) atoms. The minimum Gasteiger partial charge on any atom is -0.358 e. The molecule has 2 N–H and O–H groups in total. The number of carbonyl (C=O) groups excluding carboxylic acids is 2. The summed E-state index contributed by atoms with van der Waals surface area (Å²) in [6.45, 7) is 4.13. The van der Waals surface area contributed by atoms with Crippen molar-refractivity contribution in [2.45, 2.75) is 18.2 Å². The first-order valence-corrected chi connectivity index (χ1v) is 9.44. The smallest absolute Gasteiger partial charge is 0.239 e. The fraction of sp³-hybridized carbons (Fsp3) is 0.375. The number of aromatic nitrogens is 2. The van der Waals surface area contributed by atoms with E-state index in [1.807, 2.05) is 19.1 Å². The number of benzene rings is 1. The molecule has 7 nitrogen and oxygen atoms in total. The van der Waals surface area contributed by atoms with Gasteiger partial charge in [0.15, 0.2) is 4.34 Å². The molecule has 9 heteroatoms. The highest BCUT2D eigenvalue weighted by Crippen LogP contribution is 2.29. The molecule has 0 unspecified atom stereocenters. The number of anilines is 2. The van der Waals surface area contributed by atoms with Gasteiger partial charge < -0.3 is 15.5 Å². The molecule has 0 aliphatic carbocycles. The lowest BCUT2D eigenvalue weighted by molar-refractivity contribution is -0.132. The van der Waals surface area contributed by atoms with Crippen LogP contribution in [-0.2, 0) is 9.59 Å². The fourth-order valence-electron chi connectivity index (χ4n) is 2.00. The number of aryl methyl sites for hydroxylation is 2. The Hall–Kier alpha value is -2.13. The Bertz CT molecular complexity index is 763. The average molecular weight is 380 g/mol. The Morgan fingerprint density at radius 2 is 2.04 bits per heavy atom. The molecule has 0 aliphatic rings. The third-order valence-corrected chi connectivity index (χ3v) is 5.39. The van der Waals surface area contributed by atoms with Crippen molar-refractivity contribution in [3.05, 3.63) is 29.3 Å². The van der Waals surface area contributed by atoms with E-state index in [0.29, 0.717) is 9.47 Å². The summed E-state index contributed by atoms with van der Waals surface area (Å²) in [4.78, 5) is 24.7. The van der Waals surface area contributed by atoms with Crippen molar-refractivity contribution in [2.75, 3.05) is 31.7 Å². The van der Waals surface area contributed by atoms with Crippen molar-refractivity contribution in [2.24, 2.45) is 0 Å². The number of hydrogen-bond donors (Lipinski definition) is 2. The highest BCUT2D eigenvalue weighted by molar-refractivity contribution is 8.01. The number of amides is 2. The van der Waals surface area contributed by atoms with Gasteiger partial charge in [0.05, 0.1) is 12.3 Å². The van der Waals surface area contributed by atoms with Crippen LogP contribution in [0.4, 0.5) is 10.8 Å². The van der Waals surface area contributed by atoms with Gasteiger partial charge in [0.1, 0.15) is 0 Å². The Kier molecular flexibility index (Phi) is 6.77. The lowest BCUT2D eigenvalue weighted by Crippen LogP contribution is -2.37. The molecule has 0 saturated heterocycles. The fourth-order valence-corrected chi connectivity index (χ4v) is 3.71. The molecular weight excluding hydrogens is 358 g/mol. The summed E-state index contributed by atoms with van der Waals surface area (Å²) in [5.41, 5.74) is 3.33. The van der Waals surface area contributed by atoms with E-state index in [-0.39, 0.29) is 24.1 Å². The maximum atomic E-state index is 12.0. The number of rotatable bonds is 7. The van der Waals surface area contributed by atoms with Gasteiger partial charge in [-0.15, -0.1) is 10.2 Å². The van der Waals surface area contributed by atoms with Gasteiger partial charge in [0.25, 0.3) is 0 Å². The van der Waals surface area contributed by atoms with Crippen LogP contribution in [0.15, 0.2) is 22.5 Å². The lowest BCUT2D eigenvalue weighted by atomic mass is 10.1. The van der Waals surface area contributed by atoms with Crippen LogP contribution < -0.4 is 10.6 Å². The summed E-state index contributed by atoms with van der Waals surface area (Å²) in [5.74, 6) is -0.115. The van der Waals surface area contributed by atoms with Crippen LogP contribution in [0.5, 0.6) is 0 Å². The van der Waals surface area contributed by atoms with Crippen LogP contribution in [0, 0.1) is 13.8 Å². The monoisotopic (exact) mass is 379 g/mol. The summed E-state index contributed by atoms with van der Waals surface area (Å²) >= 11 is 2.70. The summed E-state index contributed by atoms with van der Waals surface area (Å²) < 4.78 is 0.703. The normalized spacial score (nSPS) is 10.4. The van der Waals surface area contributed by atoms with Gasteiger partial charge in [0.2, 0.25) is 16.9 Å². The van der Waals surface area contributed by atoms with Crippen molar-refractivity contribution < 1.29 is 9.59 Å². The number of carbonyl (C=O) groups is 2. The molecule has 0 aliphatic heterocycles. The number of hydrogen-bond acceptors (Lipinski definition) is 7. The summed E-state index contributed by atoms with van der Waals surface area (Å²) in [6, 6.07) is 6.14. The SMILES string of the molecule is CNC(=O)CN(C)C(=O)CSc1nnc(Nc2ccc(C)cc2C)s1. The molecule has 0 saturated carbocycles. The topological polar surface area (TPSA) is 87.2 Å². The summed E-state index contributed by atoms with van der Waals surface area (Å²) in [5, 5.41) is 14.6. The van der Waals surface area contributed by atoms with E-state index in [9.17, 15) is 9.59 Å². The quantitative estimate of drug-likeness (QED) is 0.717. The van der Waals surface area contributed by atoms with Crippen LogP contribution in [0.25, 0.3) is 0 Å². The molecule has 0 bridgehead atoms. The second-order valence-corrected chi connectivity index (χ2v) is 7.73. The first-order chi connectivity index (χ1) is 11.9. The molecule has 2 rings (SSSR count). The Morgan fingerprint density at radius 1 is 1.28 bits per heavy atom. The van der Waals surface area contributed by atoms with E-state index in [4.69, 9.17) is 0 Å². The minimum atomic E-state index is -0.197. The third kappa shape index (κ3) is 5.71. The van der Waals surface area contributed by atoms with Crippen molar-refractivity contribution in [1.82, 2.24) is 20.4 Å². The van der Waals surface area contributed by atoms with Crippen LogP contribution in [0.3, 0.4) is 0 Å². The van der Waals surface area contributed by atoms with Crippen LogP contribution >= 0.6 is 23.1 Å². The van der Waals surface area contributed by atoms with Gasteiger partial charge >= 0.3 is 0 Å². The van der Waals surface area contributed by atoms with E-state index < -0.39 is 0 Å². The lowest BCUT2D eigenvalue weighted by Gasteiger charge is -2.15. The third-order valence-electron chi connectivity index (χ3n) is 3.43. The van der Waals surface area contributed by atoms with Gasteiger partial charge in [-0.25, -0.2) is 0 Å². The number of likely N-dealkylation sites (N-methyl/N-ethyl adjacent to an activating group) is 2. The zero-order chi connectivity index (χ0) is 18.4. The van der Waals surface area contributed by atoms with Crippen LogP contribution in [0.2, 0.25) is 0 Å². The van der Waals surface area contributed by atoms with E-state index in [1.165, 1.54) is 33.6 Å². The molecule has 2 amide bonds. The first-order valence-electron chi connectivity index (χ1n) is 7.64. The molecular formula is C16H21N5O2S2. The molecule has 0 spiro atoms. The van der Waals surface area contributed by atoms with Crippen LogP contribution in [-0.4, -0.2) is 53.3 Å². The van der Waals surface area contributed by atoms with E-state index in [0.717, 1.165) is 11.3 Å². The predicted molar refractivity (Wildman–Crippen MR) is 102 cm³/mol. The van der Waals surface area contributed by atoms with E-state index in [1.54, 1.807) is 14.1 Å². The molecule has 1 heterocycles. The van der Waals surface area contributed by atoms with Crippen molar-refractivity contribution in [3.63, 3.8) is 0 Å². The Morgan fingerprint density at radius 3 is 2.72 bits per heavy atom. The average Bonchev–Trinajstić information content (AvgIpc) is 3.02. The second-order valence-electron chi connectivity index (χ2n) is 5.53. The molecule has 0 radical (unpaired) electrons. The zero-order valence-electron chi connectivity index (χ0n) is 14.6. The highest BCUT2D eigenvalue weighted by atomic mass is 32.2. The van der Waals surface area contributed by atoms with Gasteiger partial charge in [-0.05, 0) is 25.5 Å². The maximum Gasteiger partial charge on any atom is 0.239 e. The van der Waals surface area contributed by atoms with Gasteiger partial charge in [-0.2, -0.15) is 0 Å². The minimum absolute atomic E-state index is 0.0471. The van der Waals surface area contributed by atoms with Crippen molar-refractivity contribution in [1.29, 1.82) is 0 Å². The van der Waals surface area contributed by atoms with E-state index >= 15 is 0 Å². The highest BCUT2D eigenvalue weighted by Gasteiger charge is 2.14. The molecule has 1 aromatic carbocycles. The van der Waals surface area contributed by atoms with Gasteiger partial charge in [0, 0.05) is 19.8 Å². The largest absolute Gasteiger partial charge is 0.358 e. The molecule has 1 aromatic heterocycles. The molecule has 0 atom stereocenters. The maximum absolute atomic E-state index is 12.0. The number of thioether (sulfide) groups is 1. The number of nitrogens with one attached hydrogen (secondary N) is 2. The summed E-state index contributed by atoms with van der Waals surface area (Å²) in [7, 11) is 3.15. The second kappa shape index (κ2) is 8.82. The Balaban J connectivity index is 1.89. The van der Waals surface area contributed by atoms with E-state index in [2.05, 4.69) is 33.8 Å². The van der Waals surface area contributed by atoms with Crippen molar-refractivity contribution >= 4 is 45.7 Å². The predicted octanol–water partition coefficient (Wildman–Crippen LogP) is 2.20. The van der Waals surface area contributed by atoms with Gasteiger partial charge in [-0.1, -0.05) is 40.8 Å². The first kappa shape index (κ1) is 19.2.